The molecule has 8 heteroatoms. The highest BCUT2D eigenvalue weighted by atomic mass is 35.5. The Morgan fingerprint density at radius 1 is 1.29 bits per heavy atom. The van der Waals surface area contributed by atoms with E-state index in [1.54, 1.807) is 6.07 Å². The van der Waals surface area contributed by atoms with E-state index in [0.717, 1.165) is 4.31 Å². The lowest BCUT2D eigenvalue weighted by Gasteiger charge is -2.08. The molecule has 0 saturated heterocycles. The van der Waals surface area contributed by atoms with Gasteiger partial charge in [-0.15, -0.1) is 0 Å². The van der Waals surface area contributed by atoms with Crippen LogP contribution in [0.1, 0.15) is 5.76 Å². The smallest absolute Gasteiger partial charge is 0.275 e. The van der Waals surface area contributed by atoms with Crippen LogP contribution in [0.4, 0.5) is 10.1 Å². The molecule has 1 N–H and O–H groups in total. The topological polar surface area (TPSA) is 62.6 Å². The Morgan fingerprint density at radius 2 is 2.00 bits per heavy atom. The third-order valence-electron chi connectivity index (χ3n) is 2.76. The monoisotopic (exact) mass is 332 g/mol. The highest BCUT2D eigenvalue weighted by Crippen LogP contribution is 2.21. The van der Waals surface area contributed by atoms with E-state index in [9.17, 15) is 12.8 Å². The Hall–Kier alpha value is -1.57. The van der Waals surface area contributed by atoms with Gasteiger partial charge in [-0.3, -0.25) is 0 Å². The SMILES string of the molecule is CN(C)S(=O)(=O)c1ccc(CNc2ccc(F)c(Cl)c2)o1. The first-order chi connectivity index (χ1) is 9.80. The number of benzene rings is 1. The van der Waals surface area contributed by atoms with Crippen molar-refractivity contribution >= 4 is 27.3 Å². The molecule has 0 saturated carbocycles. The molecule has 0 amide bonds. The molecule has 5 nitrogen and oxygen atoms in total. The highest BCUT2D eigenvalue weighted by Gasteiger charge is 2.21. The molecule has 0 spiro atoms. The van der Waals surface area contributed by atoms with Crippen LogP contribution >= 0.6 is 11.6 Å². The maximum Gasteiger partial charge on any atom is 0.275 e. The first-order valence-electron chi connectivity index (χ1n) is 6.01. The third kappa shape index (κ3) is 3.55. The van der Waals surface area contributed by atoms with Gasteiger partial charge in [0.2, 0.25) is 5.09 Å². The number of furan rings is 1. The van der Waals surface area contributed by atoms with Crippen molar-refractivity contribution in [3.05, 3.63) is 46.9 Å². The first-order valence-corrected chi connectivity index (χ1v) is 7.82. The van der Waals surface area contributed by atoms with Gasteiger partial charge in [-0.1, -0.05) is 11.6 Å². The molecule has 1 heterocycles. The molecule has 0 aliphatic carbocycles. The Bertz CT molecular complexity index is 744. The summed E-state index contributed by atoms with van der Waals surface area (Å²) >= 11 is 5.67. The predicted molar refractivity (Wildman–Crippen MR) is 78.3 cm³/mol. The average molecular weight is 333 g/mol. The summed E-state index contributed by atoms with van der Waals surface area (Å²) in [5, 5.41) is 2.86. The molecule has 0 aliphatic rings. The van der Waals surface area contributed by atoms with Crippen molar-refractivity contribution in [1.29, 1.82) is 0 Å². The van der Waals surface area contributed by atoms with Crippen LogP contribution < -0.4 is 5.32 Å². The lowest BCUT2D eigenvalue weighted by molar-refractivity contribution is 0.402. The van der Waals surface area contributed by atoms with E-state index < -0.39 is 15.8 Å². The van der Waals surface area contributed by atoms with E-state index in [2.05, 4.69) is 5.32 Å². The van der Waals surface area contributed by atoms with Crippen molar-refractivity contribution in [2.75, 3.05) is 19.4 Å². The van der Waals surface area contributed by atoms with E-state index >= 15 is 0 Å². The molecule has 0 atom stereocenters. The number of anilines is 1. The molecule has 114 valence electrons. The van der Waals surface area contributed by atoms with Gasteiger partial charge in [0.1, 0.15) is 11.6 Å². The fourth-order valence-electron chi connectivity index (χ4n) is 1.57. The summed E-state index contributed by atoms with van der Waals surface area (Å²) in [6.45, 7) is 0.255. The summed E-state index contributed by atoms with van der Waals surface area (Å²) in [5.41, 5.74) is 0.606. The Morgan fingerprint density at radius 3 is 2.62 bits per heavy atom. The van der Waals surface area contributed by atoms with Gasteiger partial charge in [-0.25, -0.2) is 17.1 Å². The quantitative estimate of drug-likeness (QED) is 0.914. The van der Waals surface area contributed by atoms with E-state index in [1.165, 1.54) is 38.4 Å². The highest BCUT2D eigenvalue weighted by molar-refractivity contribution is 7.88. The molecular formula is C13H14ClFN2O3S. The minimum Gasteiger partial charge on any atom is -0.446 e. The number of nitrogens with one attached hydrogen (secondary N) is 1. The molecule has 0 aliphatic heterocycles. The number of halogens is 2. The van der Waals surface area contributed by atoms with Gasteiger partial charge in [0.15, 0.2) is 0 Å². The van der Waals surface area contributed by atoms with Crippen LogP contribution in [0.3, 0.4) is 0 Å². The largest absolute Gasteiger partial charge is 0.446 e. The zero-order valence-corrected chi connectivity index (χ0v) is 13.0. The Kier molecular flexibility index (Phi) is 4.55. The number of nitrogens with zero attached hydrogens (tertiary/aromatic N) is 1. The standard InChI is InChI=1S/C13H14ClFN2O3S/c1-17(2)21(18,19)13-6-4-10(20-13)8-16-9-3-5-12(15)11(14)7-9/h3-7,16H,8H2,1-2H3. The fourth-order valence-corrected chi connectivity index (χ4v) is 2.56. The minimum atomic E-state index is -3.58. The van der Waals surface area contributed by atoms with Crippen molar-refractivity contribution in [3.8, 4) is 0 Å². The van der Waals surface area contributed by atoms with Gasteiger partial charge in [-0.05, 0) is 30.3 Å². The number of sulfonamides is 1. The molecule has 1 aromatic carbocycles. The van der Waals surface area contributed by atoms with Crippen molar-refractivity contribution in [2.45, 2.75) is 11.6 Å². The summed E-state index contributed by atoms with van der Waals surface area (Å²) < 4.78 is 43.1. The van der Waals surface area contributed by atoms with Gasteiger partial charge in [0.25, 0.3) is 10.0 Å². The third-order valence-corrected chi connectivity index (χ3v) is 4.74. The minimum absolute atomic E-state index is 0.00956. The van der Waals surface area contributed by atoms with Gasteiger partial charge < -0.3 is 9.73 Å². The number of rotatable bonds is 5. The number of hydrogen-bond donors (Lipinski definition) is 1. The van der Waals surface area contributed by atoms with Crippen molar-refractivity contribution in [1.82, 2.24) is 4.31 Å². The van der Waals surface area contributed by atoms with Crippen LogP contribution in [0.2, 0.25) is 5.02 Å². The van der Waals surface area contributed by atoms with E-state index in [-0.39, 0.29) is 16.7 Å². The predicted octanol–water partition coefficient (Wildman–Crippen LogP) is 2.93. The Labute approximate surface area is 127 Å². The van der Waals surface area contributed by atoms with Crippen molar-refractivity contribution in [2.24, 2.45) is 0 Å². The van der Waals surface area contributed by atoms with Crippen LogP contribution in [-0.4, -0.2) is 26.8 Å². The summed E-state index contributed by atoms with van der Waals surface area (Å²) in [6.07, 6.45) is 0. The van der Waals surface area contributed by atoms with E-state index in [4.69, 9.17) is 16.0 Å². The second-order valence-electron chi connectivity index (χ2n) is 4.49. The first kappa shape index (κ1) is 15.8. The Balaban J connectivity index is 2.08. The van der Waals surface area contributed by atoms with Crippen LogP contribution in [0, 0.1) is 5.82 Å². The molecule has 2 aromatic rings. The van der Waals surface area contributed by atoms with Crippen molar-refractivity contribution < 1.29 is 17.2 Å². The average Bonchev–Trinajstić information content (AvgIpc) is 2.89. The maximum absolute atomic E-state index is 13.0. The van der Waals surface area contributed by atoms with Crippen LogP contribution in [-0.2, 0) is 16.6 Å². The van der Waals surface area contributed by atoms with E-state index in [1.807, 2.05) is 0 Å². The normalized spacial score (nSPS) is 11.9. The van der Waals surface area contributed by atoms with Gasteiger partial charge >= 0.3 is 0 Å². The van der Waals surface area contributed by atoms with Crippen LogP contribution in [0.15, 0.2) is 39.8 Å². The molecule has 0 radical (unpaired) electrons. The fraction of sp³-hybridized carbons (Fsp3) is 0.231. The molecular weight excluding hydrogens is 319 g/mol. The zero-order valence-electron chi connectivity index (χ0n) is 11.4. The van der Waals surface area contributed by atoms with Crippen molar-refractivity contribution in [3.63, 3.8) is 0 Å². The maximum atomic E-state index is 13.0. The second kappa shape index (κ2) is 6.05. The molecule has 2 rings (SSSR count). The van der Waals surface area contributed by atoms with Gasteiger partial charge in [0.05, 0.1) is 11.6 Å². The molecule has 0 unspecified atom stereocenters. The molecule has 1 aromatic heterocycles. The lowest BCUT2D eigenvalue weighted by atomic mass is 10.3. The zero-order chi connectivity index (χ0) is 15.6. The lowest BCUT2D eigenvalue weighted by Crippen LogP contribution is -2.21. The van der Waals surface area contributed by atoms with Crippen LogP contribution in [0.5, 0.6) is 0 Å². The van der Waals surface area contributed by atoms with Gasteiger partial charge in [-0.2, -0.15) is 0 Å². The van der Waals surface area contributed by atoms with E-state index in [0.29, 0.717) is 11.4 Å². The summed E-state index contributed by atoms with van der Waals surface area (Å²) in [5.74, 6) is -0.0598. The number of hydrogen-bond acceptors (Lipinski definition) is 4. The van der Waals surface area contributed by atoms with Crippen LogP contribution in [0.25, 0.3) is 0 Å². The summed E-state index contributed by atoms with van der Waals surface area (Å²) in [7, 11) is -0.729. The van der Waals surface area contributed by atoms with Gasteiger partial charge in [0, 0.05) is 19.8 Å². The molecule has 21 heavy (non-hydrogen) atoms. The second-order valence-corrected chi connectivity index (χ2v) is 6.98. The molecule has 0 bridgehead atoms. The summed E-state index contributed by atoms with van der Waals surface area (Å²) in [4.78, 5) is 0. The summed E-state index contributed by atoms with van der Waals surface area (Å²) in [6, 6.07) is 7.17. The molecule has 0 fully saturated rings.